The lowest BCUT2D eigenvalue weighted by molar-refractivity contribution is -0.119. The van der Waals surface area contributed by atoms with Gasteiger partial charge in [-0.25, -0.2) is 0 Å². The summed E-state index contributed by atoms with van der Waals surface area (Å²) in [6.45, 7) is 4.94. The maximum Gasteiger partial charge on any atom is 0.239 e. The summed E-state index contributed by atoms with van der Waals surface area (Å²) >= 11 is 0. The molecule has 2 aromatic rings. The van der Waals surface area contributed by atoms with Crippen LogP contribution in [0.4, 0.5) is 5.69 Å². The van der Waals surface area contributed by atoms with Crippen molar-refractivity contribution in [2.75, 3.05) is 11.9 Å². The van der Waals surface area contributed by atoms with E-state index in [1.807, 2.05) is 62.4 Å². The number of carbonyl (C=O) groups excluding carboxylic acids is 1. The van der Waals surface area contributed by atoms with Crippen LogP contribution in [0.15, 0.2) is 48.5 Å². The van der Waals surface area contributed by atoms with Crippen LogP contribution in [0.2, 0.25) is 0 Å². The monoisotopic (exact) mass is 268 g/mol. The van der Waals surface area contributed by atoms with E-state index in [0.717, 1.165) is 11.3 Å². The number of amides is 1. The molecule has 0 unspecified atom stereocenters. The van der Waals surface area contributed by atoms with Gasteiger partial charge >= 0.3 is 0 Å². The minimum absolute atomic E-state index is 0.00819. The Labute approximate surface area is 120 Å². The highest BCUT2D eigenvalue weighted by Gasteiger charge is 2.01. The van der Waals surface area contributed by atoms with Gasteiger partial charge in [-0.15, -0.1) is 0 Å². The largest absolute Gasteiger partial charge is 0.376 e. The summed E-state index contributed by atoms with van der Waals surface area (Å²) in [7, 11) is 0. The van der Waals surface area contributed by atoms with Crippen LogP contribution in [0, 0.1) is 13.8 Å². The second-order valence-corrected chi connectivity index (χ2v) is 4.98. The molecule has 0 saturated carbocycles. The molecule has 0 heterocycles. The first-order chi connectivity index (χ1) is 9.63. The molecule has 2 N–H and O–H groups in total. The van der Waals surface area contributed by atoms with Crippen LogP contribution in [-0.4, -0.2) is 12.5 Å². The second kappa shape index (κ2) is 6.75. The van der Waals surface area contributed by atoms with E-state index in [9.17, 15) is 4.79 Å². The minimum Gasteiger partial charge on any atom is -0.376 e. The van der Waals surface area contributed by atoms with Gasteiger partial charge in [-0.2, -0.15) is 0 Å². The summed E-state index contributed by atoms with van der Waals surface area (Å²) in [6, 6.07) is 16.1. The summed E-state index contributed by atoms with van der Waals surface area (Å²) in [4.78, 5) is 11.7. The summed E-state index contributed by atoms with van der Waals surface area (Å²) in [5.74, 6) is -0.00819. The Morgan fingerprint density at radius 2 is 1.45 bits per heavy atom. The van der Waals surface area contributed by atoms with Crippen LogP contribution in [0.1, 0.15) is 16.7 Å². The molecule has 0 spiro atoms. The number of carbonyl (C=O) groups is 1. The molecule has 20 heavy (non-hydrogen) atoms. The molecule has 0 aromatic heterocycles. The number of rotatable bonds is 5. The number of nitrogens with one attached hydrogen (secondary N) is 2. The van der Waals surface area contributed by atoms with Crippen LogP contribution >= 0.6 is 0 Å². The van der Waals surface area contributed by atoms with Gasteiger partial charge in [-0.3, -0.25) is 4.79 Å². The smallest absolute Gasteiger partial charge is 0.239 e. The standard InChI is InChI=1S/C17H20N2O/c1-13-3-7-15(8-4-13)11-19-17(20)12-18-16-9-5-14(2)6-10-16/h3-10,18H,11-12H2,1-2H3,(H,19,20). The third-order valence-electron chi connectivity index (χ3n) is 3.11. The van der Waals surface area contributed by atoms with Gasteiger partial charge in [0.25, 0.3) is 0 Å². The minimum atomic E-state index is -0.00819. The molecule has 2 rings (SSSR count). The number of hydrogen-bond donors (Lipinski definition) is 2. The van der Waals surface area contributed by atoms with Crippen molar-refractivity contribution in [3.05, 3.63) is 65.2 Å². The fraction of sp³-hybridized carbons (Fsp3) is 0.235. The molecule has 0 aliphatic heterocycles. The van der Waals surface area contributed by atoms with Crippen LogP contribution in [-0.2, 0) is 11.3 Å². The van der Waals surface area contributed by atoms with Gasteiger partial charge in [0.05, 0.1) is 6.54 Å². The van der Waals surface area contributed by atoms with Gasteiger partial charge in [0.1, 0.15) is 0 Å². The number of anilines is 1. The summed E-state index contributed by atoms with van der Waals surface area (Å²) in [5.41, 5.74) is 4.50. The van der Waals surface area contributed by atoms with Crippen LogP contribution < -0.4 is 10.6 Å². The molecule has 2 aromatic carbocycles. The lowest BCUT2D eigenvalue weighted by Gasteiger charge is -2.08. The Balaban J connectivity index is 1.75. The van der Waals surface area contributed by atoms with Gasteiger partial charge < -0.3 is 10.6 Å². The third kappa shape index (κ3) is 4.43. The summed E-state index contributed by atoms with van der Waals surface area (Å²) in [6.07, 6.45) is 0. The van der Waals surface area contributed by atoms with Gasteiger partial charge in [-0.1, -0.05) is 47.5 Å². The lowest BCUT2D eigenvalue weighted by Crippen LogP contribution is -2.29. The van der Waals surface area contributed by atoms with Crippen LogP contribution in [0.5, 0.6) is 0 Å². The zero-order valence-electron chi connectivity index (χ0n) is 11.9. The zero-order valence-corrected chi connectivity index (χ0v) is 11.9. The molecule has 0 radical (unpaired) electrons. The van der Waals surface area contributed by atoms with Crippen molar-refractivity contribution in [2.24, 2.45) is 0 Å². The van der Waals surface area contributed by atoms with E-state index in [1.54, 1.807) is 0 Å². The summed E-state index contributed by atoms with van der Waals surface area (Å²) < 4.78 is 0. The van der Waals surface area contributed by atoms with E-state index in [1.165, 1.54) is 11.1 Å². The third-order valence-corrected chi connectivity index (χ3v) is 3.11. The number of aryl methyl sites for hydroxylation is 2. The van der Waals surface area contributed by atoms with Crippen LogP contribution in [0.3, 0.4) is 0 Å². The normalized spacial score (nSPS) is 10.1. The van der Waals surface area contributed by atoms with Crippen molar-refractivity contribution in [2.45, 2.75) is 20.4 Å². The quantitative estimate of drug-likeness (QED) is 0.875. The fourth-order valence-corrected chi connectivity index (χ4v) is 1.82. The summed E-state index contributed by atoms with van der Waals surface area (Å²) in [5, 5.41) is 6.00. The van der Waals surface area contributed by atoms with E-state index >= 15 is 0 Å². The SMILES string of the molecule is Cc1ccc(CNC(=O)CNc2ccc(C)cc2)cc1. The second-order valence-electron chi connectivity index (χ2n) is 4.98. The van der Waals surface area contributed by atoms with Crippen molar-refractivity contribution in [1.29, 1.82) is 0 Å². The molecule has 0 atom stereocenters. The first-order valence-corrected chi connectivity index (χ1v) is 6.76. The fourth-order valence-electron chi connectivity index (χ4n) is 1.82. The van der Waals surface area contributed by atoms with Gasteiger partial charge in [-0.05, 0) is 31.5 Å². The predicted octanol–water partition coefficient (Wildman–Crippen LogP) is 3.03. The van der Waals surface area contributed by atoms with Crippen molar-refractivity contribution in [3.63, 3.8) is 0 Å². The highest BCUT2D eigenvalue weighted by molar-refractivity contribution is 5.80. The van der Waals surface area contributed by atoms with Crippen molar-refractivity contribution >= 4 is 11.6 Å². The highest BCUT2D eigenvalue weighted by Crippen LogP contribution is 2.07. The zero-order chi connectivity index (χ0) is 14.4. The first-order valence-electron chi connectivity index (χ1n) is 6.76. The van der Waals surface area contributed by atoms with Gasteiger partial charge in [0.15, 0.2) is 0 Å². The molecular weight excluding hydrogens is 248 g/mol. The molecule has 3 nitrogen and oxygen atoms in total. The first kappa shape index (κ1) is 14.1. The average molecular weight is 268 g/mol. The molecule has 3 heteroatoms. The maximum absolute atomic E-state index is 11.7. The van der Waals surface area contributed by atoms with Gasteiger partial charge in [0.2, 0.25) is 5.91 Å². The van der Waals surface area contributed by atoms with E-state index in [4.69, 9.17) is 0 Å². The Hall–Kier alpha value is -2.29. The Morgan fingerprint density at radius 3 is 2.05 bits per heavy atom. The highest BCUT2D eigenvalue weighted by atomic mass is 16.1. The maximum atomic E-state index is 11.7. The number of benzene rings is 2. The molecule has 0 bridgehead atoms. The molecule has 0 aliphatic rings. The molecule has 0 saturated heterocycles. The predicted molar refractivity (Wildman–Crippen MR) is 82.7 cm³/mol. The van der Waals surface area contributed by atoms with E-state index in [0.29, 0.717) is 6.54 Å². The van der Waals surface area contributed by atoms with Crippen molar-refractivity contribution < 1.29 is 4.79 Å². The van der Waals surface area contributed by atoms with Gasteiger partial charge in [0, 0.05) is 12.2 Å². The number of hydrogen-bond acceptors (Lipinski definition) is 2. The van der Waals surface area contributed by atoms with E-state index < -0.39 is 0 Å². The van der Waals surface area contributed by atoms with Crippen molar-refractivity contribution in [3.8, 4) is 0 Å². The van der Waals surface area contributed by atoms with E-state index in [-0.39, 0.29) is 12.5 Å². The Kier molecular flexibility index (Phi) is 4.77. The lowest BCUT2D eigenvalue weighted by atomic mass is 10.1. The molecule has 104 valence electrons. The van der Waals surface area contributed by atoms with E-state index in [2.05, 4.69) is 10.6 Å². The molecule has 1 amide bonds. The van der Waals surface area contributed by atoms with Crippen molar-refractivity contribution in [1.82, 2.24) is 5.32 Å². The molecule has 0 fully saturated rings. The Bertz CT molecular complexity index is 507. The van der Waals surface area contributed by atoms with Crippen LogP contribution in [0.25, 0.3) is 0 Å². The average Bonchev–Trinajstić information content (AvgIpc) is 2.46. The molecule has 0 aliphatic carbocycles. The topological polar surface area (TPSA) is 41.1 Å². The Morgan fingerprint density at radius 1 is 0.900 bits per heavy atom. The molecular formula is C17H20N2O.